The van der Waals surface area contributed by atoms with Gasteiger partial charge in [-0.3, -0.25) is 0 Å². The van der Waals surface area contributed by atoms with Crippen LogP contribution in [-0.2, 0) is 16.0 Å². The Morgan fingerprint density at radius 1 is 1.44 bits per heavy atom. The van der Waals surface area contributed by atoms with Crippen LogP contribution in [0.5, 0.6) is 0 Å². The highest BCUT2D eigenvalue weighted by atomic mass is 35.5. The molecule has 0 amide bonds. The summed E-state index contributed by atoms with van der Waals surface area (Å²) in [5, 5.41) is 3.38. The van der Waals surface area contributed by atoms with Crippen molar-refractivity contribution in [2.24, 2.45) is 0 Å². The van der Waals surface area contributed by atoms with Gasteiger partial charge in [-0.05, 0) is 19.1 Å². The van der Waals surface area contributed by atoms with Gasteiger partial charge in [-0.25, -0.2) is 0 Å². The van der Waals surface area contributed by atoms with Gasteiger partial charge in [0.2, 0.25) is 0 Å². The van der Waals surface area contributed by atoms with E-state index in [1.54, 1.807) is 18.4 Å². The smallest absolute Gasteiger partial charge is 0.0931 e. The molecular formula is C11H18ClNO2S. The highest BCUT2D eigenvalue weighted by Gasteiger charge is 2.03. The van der Waals surface area contributed by atoms with Crippen molar-refractivity contribution in [1.29, 1.82) is 0 Å². The minimum Gasteiger partial charge on any atom is -0.382 e. The van der Waals surface area contributed by atoms with E-state index in [4.69, 9.17) is 21.1 Å². The molecule has 0 aliphatic heterocycles. The standard InChI is InChI=1S/C11H18ClNO2S/c1-9(8-15-6-5-14-2)13-7-10-3-4-11(12)16-10/h3-4,9,13H,5-8H2,1-2H3. The molecule has 16 heavy (non-hydrogen) atoms. The predicted octanol–water partition coefficient (Wildman–Crippen LogP) is 2.54. The quantitative estimate of drug-likeness (QED) is 0.732. The van der Waals surface area contributed by atoms with Crippen LogP contribution in [0.15, 0.2) is 12.1 Å². The first kappa shape index (κ1) is 13.9. The molecule has 1 unspecified atom stereocenters. The number of hydrogen-bond acceptors (Lipinski definition) is 4. The number of ether oxygens (including phenoxy) is 2. The molecule has 1 rings (SSSR count). The summed E-state index contributed by atoms with van der Waals surface area (Å²) in [4.78, 5) is 1.24. The lowest BCUT2D eigenvalue weighted by Gasteiger charge is -2.13. The third-order valence-corrected chi connectivity index (χ3v) is 3.28. The van der Waals surface area contributed by atoms with Crippen LogP contribution in [0.3, 0.4) is 0 Å². The van der Waals surface area contributed by atoms with E-state index in [0.717, 1.165) is 10.9 Å². The van der Waals surface area contributed by atoms with E-state index in [2.05, 4.69) is 12.2 Å². The zero-order valence-electron chi connectivity index (χ0n) is 9.66. The van der Waals surface area contributed by atoms with Gasteiger partial charge in [0, 0.05) is 24.6 Å². The van der Waals surface area contributed by atoms with Crippen molar-refractivity contribution in [3.63, 3.8) is 0 Å². The van der Waals surface area contributed by atoms with E-state index < -0.39 is 0 Å². The summed E-state index contributed by atoms with van der Waals surface area (Å²) in [6, 6.07) is 4.29. The van der Waals surface area contributed by atoms with Gasteiger partial charge in [0.25, 0.3) is 0 Å². The monoisotopic (exact) mass is 263 g/mol. The van der Waals surface area contributed by atoms with E-state index >= 15 is 0 Å². The van der Waals surface area contributed by atoms with E-state index in [1.807, 2.05) is 12.1 Å². The van der Waals surface area contributed by atoms with Gasteiger partial charge >= 0.3 is 0 Å². The van der Waals surface area contributed by atoms with Crippen molar-refractivity contribution in [2.45, 2.75) is 19.5 Å². The third-order valence-electron chi connectivity index (χ3n) is 2.05. The fraction of sp³-hybridized carbons (Fsp3) is 0.636. The first-order valence-electron chi connectivity index (χ1n) is 5.26. The first-order valence-corrected chi connectivity index (χ1v) is 6.46. The highest BCUT2D eigenvalue weighted by molar-refractivity contribution is 7.16. The molecule has 1 heterocycles. The van der Waals surface area contributed by atoms with Crippen molar-refractivity contribution in [2.75, 3.05) is 26.9 Å². The summed E-state index contributed by atoms with van der Waals surface area (Å²) in [6.07, 6.45) is 0. The largest absolute Gasteiger partial charge is 0.382 e. The first-order chi connectivity index (χ1) is 7.72. The van der Waals surface area contributed by atoms with E-state index in [1.165, 1.54) is 4.88 Å². The third kappa shape index (κ3) is 5.82. The predicted molar refractivity (Wildman–Crippen MR) is 68.3 cm³/mol. The topological polar surface area (TPSA) is 30.5 Å². The molecule has 0 saturated carbocycles. The second kappa shape index (κ2) is 8.03. The molecule has 0 aromatic carbocycles. The Morgan fingerprint density at radius 2 is 2.25 bits per heavy atom. The lowest BCUT2D eigenvalue weighted by molar-refractivity contribution is 0.0609. The van der Waals surface area contributed by atoms with Gasteiger partial charge in [0.15, 0.2) is 0 Å². The zero-order chi connectivity index (χ0) is 11.8. The van der Waals surface area contributed by atoms with Gasteiger partial charge in [-0.1, -0.05) is 11.6 Å². The maximum Gasteiger partial charge on any atom is 0.0931 e. The SMILES string of the molecule is COCCOCC(C)NCc1ccc(Cl)s1. The molecule has 0 saturated heterocycles. The number of nitrogens with one attached hydrogen (secondary N) is 1. The molecule has 1 atom stereocenters. The summed E-state index contributed by atoms with van der Waals surface area (Å²) >= 11 is 7.45. The van der Waals surface area contributed by atoms with Crippen LogP contribution in [0.25, 0.3) is 0 Å². The molecule has 1 aromatic heterocycles. The summed E-state index contributed by atoms with van der Waals surface area (Å²) in [5.74, 6) is 0. The normalized spacial score (nSPS) is 12.9. The Bertz CT molecular complexity index is 293. The fourth-order valence-corrected chi connectivity index (χ4v) is 2.22. The molecule has 92 valence electrons. The minimum atomic E-state index is 0.331. The number of methoxy groups -OCH3 is 1. The van der Waals surface area contributed by atoms with Crippen molar-refractivity contribution in [3.8, 4) is 0 Å². The van der Waals surface area contributed by atoms with Gasteiger partial charge in [-0.2, -0.15) is 0 Å². The van der Waals surface area contributed by atoms with Crippen LogP contribution in [0.4, 0.5) is 0 Å². The number of thiophene rings is 1. The zero-order valence-corrected chi connectivity index (χ0v) is 11.2. The van der Waals surface area contributed by atoms with Crippen LogP contribution in [0.2, 0.25) is 4.34 Å². The van der Waals surface area contributed by atoms with Crippen molar-refractivity contribution >= 4 is 22.9 Å². The van der Waals surface area contributed by atoms with E-state index in [0.29, 0.717) is 25.9 Å². The summed E-state index contributed by atoms with van der Waals surface area (Å²) in [6.45, 7) is 4.93. The fourth-order valence-electron chi connectivity index (χ4n) is 1.18. The molecule has 0 spiro atoms. The number of hydrogen-bond donors (Lipinski definition) is 1. The van der Waals surface area contributed by atoms with Gasteiger partial charge in [-0.15, -0.1) is 11.3 Å². The van der Waals surface area contributed by atoms with Crippen LogP contribution in [0, 0.1) is 0 Å². The average molecular weight is 264 g/mol. The van der Waals surface area contributed by atoms with E-state index in [9.17, 15) is 0 Å². The Morgan fingerprint density at radius 3 is 2.88 bits per heavy atom. The molecule has 0 aliphatic carbocycles. The molecule has 0 aliphatic rings. The van der Waals surface area contributed by atoms with E-state index in [-0.39, 0.29) is 0 Å². The summed E-state index contributed by atoms with van der Waals surface area (Å²) < 4.78 is 11.2. The van der Waals surface area contributed by atoms with Crippen molar-refractivity contribution in [1.82, 2.24) is 5.32 Å². The number of halogens is 1. The van der Waals surface area contributed by atoms with Crippen LogP contribution in [0.1, 0.15) is 11.8 Å². The molecule has 0 radical (unpaired) electrons. The molecule has 1 N–H and O–H groups in total. The molecule has 5 heteroatoms. The Balaban J connectivity index is 2.08. The van der Waals surface area contributed by atoms with Gasteiger partial charge in [0.05, 0.1) is 24.2 Å². The van der Waals surface area contributed by atoms with Crippen molar-refractivity contribution in [3.05, 3.63) is 21.3 Å². The second-order valence-corrected chi connectivity index (χ2v) is 5.36. The Hall–Kier alpha value is -0.130. The second-order valence-electron chi connectivity index (χ2n) is 3.56. The van der Waals surface area contributed by atoms with Gasteiger partial charge < -0.3 is 14.8 Å². The van der Waals surface area contributed by atoms with Crippen LogP contribution in [-0.4, -0.2) is 33.0 Å². The molecule has 0 fully saturated rings. The number of rotatable bonds is 8. The lowest BCUT2D eigenvalue weighted by Crippen LogP contribution is -2.30. The van der Waals surface area contributed by atoms with Crippen molar-refractivity contribution < 1.29 is 9.47 Å². The highest BCUT2D eigenvalue weighted by Crippen LogP contribution is 2.21. The Labute approximate surface area is 106 Å². The molecule has 1 aromatic rings. The van der Waals surface area contributed by atoms with Crippen LogP contribution < -0.4 is 5.32 Å². The van der Waals surface area contributed by atoms with Gasteiger partial charge in [0.1, 0.15) is 0 Å². The summed E-state index contributed by atoms with van der Waals surface area (Å²) in [7, 11) is 1.67. The molecular weight excluding hydrogens is 246 g/mol. The summed E-state index contributed by atoms with van der Waals surface area (Å²) in [5.41, 5.74) is 0. The maximum atomic E-state index is 5.85. The molecule has 0 bridgehead atoms. The lowest BCUT2D eigenvalue weighted by atomic mass is 10.3. The maximum absolute atomic E-state index is 5.85. The average Bonchev–Trinajstić information content (AvgIpc) is 2.68. The molecule has 3 nitrogen and oxygen atoms in total. The Kier molecular flexibility index (Phi) is 7.00. The van der Waals surface area contributed by atoms with Crippen LogP contribution >= 0.6 is 22.9 Å². The minimum absolute atomic E-state index is 0.331.